The summed E-state index contributed by atoms with van der Waals surface area (Å²) in [6, 6.07) is 8.22. The maximum absolute atomic E-state index is 6.07. The molecule has 0 bridgehead atoms. The SMILES string of the molecule is ClC(Cl)(Cl)c1nc(NCCN2CCCC2)nc(-c2ccc(N3CCCC3)cc2)n1. The van der Waals surface area contributed by atoms with Crippen molar-refractivity contribution in [3.63, 3.8) is 0 Å². The number of benzene rings is 1. The first-order chi connectivity index (χ1) is 14.0. The van der Waals surface area contributed by atoms with Gasteiger partial charge in [-0.3, -0.25) is 0 Å². The van der Waals surface area contributed by atoms with Crippen LogP contribution in [0.25, 0.3) is 11.4 Å². The van der Waals surface area contributed by atoms with E-state index < -0.39 is 3.79 Å². The van der Waals surface area contributed by atoms with Crippen LogP contribution in [-0.4, -0.2) is 59.1 Å². The molecule has 0 aliphatic carbocycles. The van der Waals surface area contributed by atoms with Crippen LogP contribution >= 0.6 is 34.8 Å². The van der Waals surface area contributed by atoms with E-state index in [9.17, 15) is 0 Å². The van der Waals surface area contributed by atoms with Crippen molar-refractivity contribution in [1.82, 2.24) is 19.9 Å². The molecule has 2 aliphatic heterocycles. The third-order valence-electron chi connectivity index (χ3n) is 5.40. The number of aromatic nitrogens is 3. The number of nitrogens with one attached hydrogen (secondary N) is 1. The molecule has 3 heterocycles. The minimum absolute atomic E-state index is 0.125. The highest BCUT2D eigenvalue weighted by atomic mass is 35.6. The third kappa shape index (κ3) is 5.43. The van der Waals surface area contributed by atoms with Gasteiger partial charge in [0.05, 0.1) is 0 Å². The van der Waals surface area contributed by atoms with Crippen molar-refractivity contribution in [2.75, 3.05) is 49.5 Å². The Morgan fingerprint density at radius 2 is 1.52 bits per heavy atom. The summed E-state index contributed by atoms with van der Waals surface area (Å²) in [7, 11) is 0. The Balaban J connectivity index is 1.52. The molecule has 0 unspecified atom stereocenters. The second-order valence-electron chi connectivity index (χ2n) is 7.52. The fourth-order valence-corrected chi connectivity index (χ4v) is 4.09. The predicted molar refractivity (Wildman–Crippen MR) is 120 cm³/mol. The van der Waals surface area contributed by atoms with Crippen molar-refractivity contribution in [1.29, 1.82) is 0 Å². The van der Waals surface area contributed by atoms with Crippen LogP contribution in [-0.2, 0) is 3.79 Å². The molecular weight excluding hydrogens is 431 g/mol. The van der Waals surface area contributed by atoms with E-state index in [1.807, 2.05) is 12.1 Å². The smallest absolute Gasteiger partial charge is 0.250 e. The van der Waals surface area contributed by atoms with Gasteiger partial charge in [0.25, 0.3) is 0 Å². The zero-order valence-electron chi connectivity index (χ0n) is 16.3. The van der Waals surface area contributed by atoms with Gasteiger partial charge in [-0.05, 0) is 63.0 Å². The molecule has 4 rings (SSSR count). The molecule has 1 N–H and O–H groups in total. The lowest BCUT2D eigenvalue weighted by Gasteiger charge is -2.18. The lowest BCUT2D eigenvalue weighted by molar-refractivity contribution is 0.352. The van der Waals surface area contributed by atoms with Crippen LogP contribution in [0.3, 0.4) is 0 Å². The molecule has 2 fully saturated rings. The fourth-order valence-electron chi connectivity index (χ4n) is 3.84. The first-order valence-electron chi connectivity index (χ1n) is 10.1. The van der Waals surface area contributed by atoms with Gasteiger partial charge in [-0.25, -0.2) is 4.98 Å². The van der Waals surface area contributed by atoms with Gasteiger partial charge in [-0.2, -0.15) is 9.97 Å². The molecule has 1 aromatic carbocycles. The Morgan fingerprint density at radius 1 is 0.862 bits per heavy atom. The molecule has 6 nitrogen and oxygen atoms in total. The third-order valence-corrected chi connectivity index (χ3v) is 5.90. The van der Waals surface area contributed by atoms with Crippen LogP contribution in [0.4, 0.5) is 11.6 Å². The van der Waals surface area contributed by atoms with Gasteiger partial charge in [0.2, 0.25) is 9.74 Å². The van der Waals surface area contributed by atoms with Crippen LogP contribution in [0, 0.1) is 0 Å². The second kappa shape index (κ2) is 9.21. The Kier molecular flexibility index (Phi) is 6.64. The monoisotopic (exact) mass is 454 g/mol. The average Bonchev–Trinajstić information content (AvgIpc) is 3.42. The zero-order valence-corrected chi connectivity index (χ0v) is 18.5. The first-order valence-corrected chi connectivity index (χ1v) is 11.3. The molecular formula is C20H25Cl3N6. The van der Waals surface area contributed by atoms with Gasteiger partial charge in [0, 0.05) is 37.4 Å². The maximum atomic E-state index is 6.07. The normalized spacial score (nSPS) is 17.8. The molecule has 0 radical (unpaired) electrons. The van der Waals surface area contributed by atoms with E-state index in [0.29, 0.717) is 11.8 Å². The summed E-state index contributed by atoms with van der Waals surface area (Å²) in [6.07, 6.45) is 5.02. The molecule has 0 spiro atoms. The van der Waals surface area contributed by atoms with Gasteiger partial charge in [0.15, 0.2) is 11.6 Å². The summed E-state index contributed by atoms with van der Waals surface area (Å²) in [6.45, 7) is 6.17. The maximum Gasteiger partial charge on any atom is 0.250 e. The summed E-state index contributed by atoms with van der Waals surface area (Å²) in [5.74, 6) is 1.05. The molecule has 2 aromatic rings. The number of nitrogens with zero attached hydrogens (tertiary/aromatic N) is 5. The van der Waals surface area contributed by atoms with Crippen LogP contribution in [0.5, 0.6) is 0 Å². The highest BCUT2D eigenvalue weighted by molar-refractivity contribution is 6.66. The predicted octanol–water partition coefficient (Wildman–Crippen LogP) is 4.47. The van der Waals surface area contributed by atoms with Gasteiger partial charge in [0.1, 0.15) is 0 Å². The van der Waals surface area contributed by atoms with Gasteiger partial charge in [-0.15, -0.1) is 0 Å². The van der Waals surface area contributed by atoms with E-state index in [1.165, 1.54) is 31.4 Å². The molecule has 2 saturated heterocycles. The summed E-state index contributed by atoms with van der Waals surface area (Å²) < 4.78 is -1.71. The molecule has 1 aromatic heterocycles. The fraction of sp³-hybridized carbons (Fsp3) is 0.550. The Morgan fingerprint density at radius 3 is 2.17 bits per heavy atom. The zero-order chi connectivity index (χ0) is 20.3. The van der Waals surface area contributed by atoms with E-state index in [2.05, 4.69) is 42.2 Å². The van der Waals surface area contributed by atoms with Crippen molar-refractivity contribution in [3.8, 4) is 11.4 Å². The number of halogens is 3. The topological polar surface area (TPSA) is 57.2 Å². The highest BCUT2D eigenvalue weighted by Crippen LogP contribution is 2.37. The number of hydrogen-bond donors (Lipinski definition) is 1. The van der Waals surface area contributed by atoms with E-state index in [-0.39, 0.29) is 5.82 Å². The minimum atomic E-state index is -1.71. The minimum Gasteiger partial charge on any atom is -0.372 e. The van der Waals surface area contributed by atoms with Crippen LogP contribution < -0.4 is 10.2 Å². The van der Waals surface area contributed by atoms with Crippen molar-refractivity contribution in [2.24, 2.45) is 0 Å². The number of hydrogen-bond acceptors (Lipinski definition) is 6. The molecule has 9 heteroatoms. The van der Waals surface area contributed by atoms with E-state index >= 15 is 0 Å². The van der Waals surface area contributed by atoms with E-state index in [0.717, 1.165) is 44.8 Å². The number of alkyl halides is 3. The molecule has 156 valence electrons. The summed E-state index contributed by atoms with van der Waals surface area (Å²) in [4.78, 5) is 18.1. The van der Waals surface area contributed by atoms with Crippen molar-refractivity contribution >= 4 is 46.4 Å². The summed E-state index contributed by atoms with van der Waals surface area (Å²) >= 11 is 18.2. The van der Waals surface area contributed by atoms with Crippen LogP contribution in [0.1, 0.15) is 31.5 Å². The van der Waals surface area contributed by atoms with Crippen LogP contribution in [0.15, 0.2) is 24.3 Å². The molecule has 2 aliphatic rings. The number of likely N-dealkylation sites (tertiary alicyclic amines) is 1. The molecule has 0 amide bonds. The Bertz CT molecular complexity index is 812. The van der Waals surface area contributed by atoms with E-state index in [4.69, 9.17) is 34.8 Å². The Hall–Kier alpha value is -1.34. The van der Waals surface area contributed by atoms with E-state index in [1.54, 1.807) is 0 Å². The van der Waals surface area contributed by atoms with Crippen LogP contribution in [0.2, 0.25) is 0 Å². The second-order valence-corrected chi connectivity index (χ2v) is 9.80. The largest absolute Gasteiger partial charge is 0.372 e. The molecule has 0 atom stereocenters. The van der Waals surface area contributed by atoms with Crippen molar-refractivity contribution < 1.29 is 0 Å². The van der Waals surface area contributed by atoms with Gasteiger partial charge in [-0.1, -0.05) is 34.8 Å². The molecule has 29 heavy (non-hydrogen) atoms. The first kappa shape index (κ1) is 20.9. The molecule has 0 saturated carbocycles. The number of anilines is 2. The standard InChI is InChI=1S/C20H25Cl3N6/c21-20(22,23)18-25-17(15-5-7-16(8-6-15)29-12-3-4-13-29)26-19(27-18)24-9-14-28-10-1-2-11-28/h5-8H,1-4,9-14H2,(H,24,25,26,27). The quantitative estimate of drug-likeness (QED) is 0.648. The van der Waals surface area contributed by atoms with Gasteiger partial charge < -0.3 is 15.1 Å². The Labute approximate surface area is 186 Å². The highest BCUT2D eigenvalue weighted by Gasteiger charge is 2.28. The summed E-state index contributed by atoms with van der Waals surface area (Å²) in [5.41, 5.74) is 2.08. The average molecular weight is 456 g/mol. The summed E-state index contributed by atoms with van der Waals surface area (Å²) in [5, 5.41) is 3.26. The lowest BCUT2D eigenvalue weighted by Crippen LogP contribution is -2.26. The van der Waals surface area contributed by atoms with Crippen molar-refractivity contribution in [2.45, 2.75) is 29.5 Å². The van der Waals surface area contributed by atoms with Crippen molar-refractivity contribution in [3.05, 3.63) is 30.1 Å². The lowest BCUT2D eigenvalue weighted by atomic mass is 10.2. The van der Waals surface area contributed by atoms with Gasteiger partial charge >= 0.3 is 0 Å². The number of rotatable bonds is 6.